The number of hydrogen-bond donors (Lipinski definition) is 2. The minimum Gasteiger partial charge on any atom is -0.508 e. The fraction of sp³-hybridized carbons (Fsp3) is 0.364. The van der Waals surface area contributed by atoms with Gasteiger partial charge in [0.1, 0.15) is 11.5 Å². The average molecular weight is 380 g/mol. The number of phenols is 1. The highest BCUT2D eigenvalue weighted by atomic mass is 16.5. The monoisotopic (exact) mass is 380 g/mol. The molecule has 0 spiro atoms. The first-order chi connectivity index (χ1) is 13.6. The summed E-state index contributed by atoms with van der Waals surface area (Å²) < 4.78 is 5.71. The van der Waals surface area contributed by atoms with E-state index in [4.69, 9.17) is 4.74 Å². The molecule has 1 saturated heterocycles. The highest BCUT2D eigenvalue weighted by Crippen LogP contribution is 2.29. The third-order valence-electron chi connectivity index (χ3n) is 5.55. The third-order valence-corrected chi connectivity index (χ3v) is 5.55. The lowest BCUT2D eigenvalue weighted by molar-refractivity contribution is -0.134. The number of hydrogen-bond acceptors (Lipinski definition) is 4. The van der Waals surface area contributed by atoms with Gasteiger partial charge < -0.3 is 20.1 Å². The van der Waals surface area contributed by atoms with Crippen molar-refractivity contribution < 1.29 is 19.4 Å². The molecule has 0 aliphatic carbocycles. The Labute approximate surface area is 164 Å². The minimum atomic E-state index is -0.00446. The SMILES string of the molecule is O=C1CCc2cc(OCC(=O)N3CCC(c4ccc(O)cc4)CC3)ccc2N1. The largest absolute Gasteiger partial charge is 0.508 e. The molecule has 1 fully saturated rings. The predicted octanol–water partition coefficient (Wildman–Crippen LogP) is 3.06. The summed E-state index contributed by atoms with van der Waals surface area (Å²) in [7, 11) is 0. The number of rotatable bonds is 4. The van der Waals surface area contributed by atoms with Gasteiger partial charge in [0.05, 0.1) is 0 Å². The van der Waals surface area contributed by atoms with Gasteiger partial charge >= 0.3 is 0 Å². The van der Waals surface area contributed by atoms with Gasteiger partial charge in [-0.05, 0) is 66.6 Å². The van der Waals surface area contributed by atoms with E-state index in [-0.39, 0.29) is 24.2 Å². The molecule has 2 aromatic rings. The fourth-order valence-electron chi connectivity index (χ4n) is 3.89. The van der Waals surface area contributed by atoms with Crippen LogP contribution in [0.25, 0.3) is 0 Å². The van der Waals surface area contributed by atoms with E-state index in [2.05, 4.69) is 5.32 Å². The molecule has 2 aliphatic heterocycles. The van der Waals surface area contributed by atoms with E-state index in [0.717, 1.165) is 24.1 Å². The summed E-state index contributed by atoms with van der Waals surface area (Å²) >= 11 is 0. The highest BCUT2D eigenvalue weighted by molar-refractivity contribution is 5.94. The van der Waals surface area contributed by atoms with Crippen LogP contribution in [0.4, 0.5) is 5.69 Å². The Morgan fingerprint density at radius 3 is 2.61 bits per heavy atom. The standard InChI is InChI=1S/C22H24N2O4/c25-18-4-1-15(2-5-18)16-9-11-24(12-10-16)22(27)14-28-19-6-7-20-17(13-19)3-8-21(26)23-20/h1-2,4-7,13,16,25H,3,8-12,14H2,(H,23,26). The second-order valence-electron chi connectivity index (χ2n) is 7.40. The maximum Gasteiger partial charge on any atom is 0.260 e. The van der Waals surface area contributed by atoms with E-state index in [0.29, 0.717) is 37.6 Å². The van der Waals surface area contributed by atoms with Gasteiger partial charge in [-0.2, -0.15) is 0 Å². The predicted molar refractivity (Wildman–Crippen MR) is 106 cm³/mol. The van der Waals surface area contributed by atoms with Gasteiger partial charge in [-0.1, -0.05) is 12.1 Å². The van der Waals surface area contributed by atoms with Gasteiger partial charge in [0.2, 0.25) is 5.91 Å². The zero-order valence-electron chi connectivity index (χ0n) is 15.7. The van der Waals surface area contributed by atoms with Crippen LogP contribution in [0, 0.1) is 0 Å². The topological polar surface area (TPSA) is 78.9 Å². The summed E-state index contributed by atoms with van der Waals surface area (Å²) in [5.41, 5.74) is 3.08. The van der Waals surface area contributed by atoms with Crippen LogP contribution >= 0.6 is 0 Å². The van der Waals surface area contributed by atoms with E-state index in [1.165, 1.54) is 5.56 Å². The Hall–Kier alpha value is -3.02. The van der Waals surface area contributed by atoms with E-state index < -0.39 is 0 Å². The van der Waals surface area contributed by atoms with Crippen molar-refractivity contribution in [2.45, 2.75) is 31.6 Å². The summed E-state index contributed by atoms with van der Waals surface area (Å²) in [6.45, 7) is 1.45. The first-order valence-electron chi connectivity index (χ1n) is 9.71. The fourth-order valence-corrected chi connectivity index (χ4v) is 3.89. The smallest absolute Gasteiger partial charge is 0.260 e. The molecule has 6 heteroatoms. The van der Waals surface area contributed by atoms with Crippen LogP contribution in [0.1, 0.15) is 36.3 Å². The Bertz CT molecular complexity index is 871. The number of phenolic OH excluding ortho intramolecular Hbond substituents is 1. The minimum absolute atomic E-state index is 0.00446. The summed E-state index contributed by atoms with van der Waals surface area (Å²) in [5, 5.41) is 12.3. The van der Waals surface area contributed by atoms with E-state index >= 15 is 0 Å². The van der Waals surface area contributed by atoms with Gasteiger partial charge in [0.15, 0.2) is 6.61 Å². The summed E-state index contributed by atoms with van der Waals surface area (Å²) in [4.78, 5) is 25.8. The molecule has 4 rings (SSSR count). The molecule has 2 aromatic carbocycles. The molecule has 0 bridgehead atoms. The van der Waals surface area contributed by atoms with Gasteiger partial charge in [-0.3, -0.25) is 9.59 Å². The average Bonchev–Trinajstić information content (AvgIpc) is 2.72. The van der Waals surface area contributed by atoms with Crippen LogP contribution in [0.15, 0.2) is 42.5 Å². The van der Waals surface area contributed by atoms with Gasteiger partial charge in [-0.25, -0.2) is 0 Å². The number of carbonyl (C=O) groups is 2. The number of fused-ring (bicyclic) bond motifs is 1. The van der Waals surface area contributed by atoms with Crippen molar-refractivity contribution in [1.29, 1.82) is 0 Å². The molecule has 2 N–H and O–H groups in total. The molecule has 2 heterocycles. The van der Waals surface area contributed by atoms with Crippen LogP contribution in [0.2, 0.25) is 0 Å². The number of anilines is 1. The van der Waals surface area contributed by atoms with Gasteiger partial charge in [0, 0.05) is 25.2 Å². The molecule has 146 valence electrons. The number of aromatic hydroxyl groups is 1. The lowest BCUT2D eigenvalue weighted by Gasteiger charge is -2.32. The van der Waals surface area contributed by atoms with Crippen molar-refractivity contribution in [2.75, 3.05) is 25.0 Å². The summed E-state index contributed by atoms with van der Waals surface area (Å²) in [5.74, 6) is 1.38. The number of ether oxygens (including phenoxy) is 1. The second-order valence-corrected chi connectivity index (χ2v) is 7.40. The highest BCUT2D eigenvalue weighted by Gasteiger charge is 2.24. The van der Waals surface area contributed by atoms with Crippen molar-refractivity contribution >= 4 is 17.5 Å². The maximum atomic E-state index is 12.5. The number of amides is 2. The number of carbonyl (C=O) groups excluding carboxylic acids is 2. The molecular formula is C22H24N2O4. The van der Waals surface area contributed by atoms with E-state index in [1.807, 2.05) is 29.2 Å². The first-order valence-corrected chi connectivity index (χ1v) is 9.71. The summed E-state index contributed by atoms with van der Waals surface area (Å²) in [6.07, 6.45) is 2.99. The second kappa shape index (κ2) is 7.92. The number of nitrogens with one attached hydrogen (secondary N) is 1. The zero-order chi connectivity index (χ0) is 19.5. The molecule has 0 unspecified atom stereocenters. The molecule has 6 nitrogen and oxygen atoms in total. The number of likely N-dealkylation sites (tertiary alicyclic amines) is 1. The maximum absolute atomic E-state index is 12.5. The number of aryl methyl sites for hydroxylation is 1. The Morgan fingerprint density at radius 2 is 1.86 bits per heavy atom. The number of piperidine rings is 1. The van der Waals surface area contributed by atoms with E-state index in [9.17, 15) is 14.7 Å². The molecule has 2 amide bonds. The number of nitrogens with zero attached hydrogens (tertiary/aromatic N) is 1. The molecular weight excluding hydrogens is 356 g/mol. The van der Waals surface area contributed by atoms with Crippen molar-refractivity contribution in [3.63, 3.8) is 0 Å². The normalized spacial score (nSPS) is 17.0. The van der Waals surface area contributed by atoms with Crippen LogP contribution in [0.5, 0.6) is 11.5 Å². The van der Waals surface area contributed by atoms with Crippen LogP contribution in [0.3, 0.4) is 0 Å². The Balaban J connectivity index is 1.28. The van der Waals surface area contributed by atoms with Crippen molar-refractivity contribution in [2.24, 2.45) is 0 Å². The Kier molecular flexibility index (Phi) is 5.19. The number of benzene rings is 2. The third kappa shape index (κ3) is 4.11. The lowest BCUT2D eigenvalue weighted by Crippen LogP contribution is -2.40. The first kappa shape index (κ1) is 18.3. The van der Waals surface area contributed by atoms with E-state index in [1.54, 1.807) is 18.2 Å². The van der Waals surface area contributed by atoms with Gasteiger partial charge in [-0.15, -0.1) is 0 Å². The van der Waals surface area contributed by atoms with Crippen molar-refractivity contribution in [3.05, 3.63) is 53.6 Å². The Morgan fingerprint density at radius 1 is 1.11 bits per heavy atom. The molecule has 2 aliphatic rings. The van der Waals surface area contributed by atoms with Gasteiger partial charge in [0.25, 0.3) is 5.91 Å². The molecule has 0 aromatic heterocycles. The molecule has 0 saturated carbocycles. The lowest BCUT2D eigenvalue weighted by atomic mass is 9.89. The van der Waals surface area contributed by atoms with Crippen molar-refractivity contribution in [1.82, 2.24) is 4.90 Å². The molecule has 0 radical (unpaired) electrons. The van der Waals surface area contributed by atoms with Crippen LogP contribution in [-0.4, -0.2) is 41.5 Å². The van der Waals surface area contributed by atoms with Crippen LogP contribution in [-0.2, 0) is 16.0 Å². The zero-order valence-corrected chi connectivity index (χ0v) is 15.7. The molecule has 28 heavy (non-hydrogen) atoms. The quantitative estimate of drug-likeness (QED) is 0.854. The van der Waals surface area contributed by atoms with Crippen molar-refractivity contribution in [3.8, 4) is 11.5 Å². The van der Waals surface area contributed by atoms with Crippen LogP contribution < -0.4 is 10.1 Å². The molecule has 0 atom stereocenters. The summed E-state index contributed by atoms with van der Waals surface area (Å²) in [6, 6.07) is 12.9.